The highest BCUT2D eigenvalue weighted by Crippen LogP contribution is 2.20. The van der Waals surface area contributed by atoms with Crippen LogP contribution in [0.25, 0.3) is 0 Å². The maximum atomic E-state index is 3.61. The van der Waals surface area contributed by atoms with E-state index in [1.165, 1.54) is 38.8 Å². The van der Waals surface area contributed by atoms with Gasteiger partial charge in [0, 0.05) is 0 Å². The van der Waals surface area contributed by atoms with Gasteiger partial charge in [-0.05, 0) is 43.7 Å². The van der Waals surface area contributed by atoms with Gasteiger partial charge in [0.05, 0.1) is 0 Å². The molecule has 78 valence electrons. The van der Waals surface area contributed by atoms with Gasteiger partial charge in [-0.15, -0.1) is 0 Å². The maximum absolute atomic E-state index is 3.61. The quantitative estimate of drug-likeness (QED) is 0.659. The summed E-state index contributed by atoms with van der Waals surface area (Å²) in [6, 6.07) is 0. The van der Waals surface area contributed by atoms with Crippen molar-refractivity contribution < 1.29 is 0 Å². The molecule has 2 atom stereocenters. The Labute approximate surface area is 83.3 Å². The first-order chi connectivity index (χ1) is 6.20. The highest BCUT2D eigenvalue weighted by molar-refractivity contribution is 4.70. The third-order valence-corrected chi connectivity index (χ3v) is 3.36. The molecule has 1 nitrogen and oxygen atoms in total. The summed E-state index contributed by atoms with van der Waals surface area (Å²) in [7, 11) is 0. The summed E-state index contributed by atoms with van der Waals surface area (Å²) in [6.07, 6.45) is 5.72. The van der Waals surface area contributed by atoms with Gasteiger partial charge in [-0.1, -0.05) is 33.6 Å². The topological polar surface area (TPSA) is 12.0 Å². The molecule has 1 fully saturated rings. The van der Waals surface area contributed by atoms with E-state index in [0.29, 0.717) is 0 Å². The molecule has 0 spiro atoms. The molecule has 1 heterocycles. The third kappa shape index (κ3) is 4.12. The SMILES string of the molecule is CC1CCCCC(C(C)C)CNC1. The number of nitrogens with one attached hydrogen (secondary N) is 1. The normalized spacial score (nSPS) is 32.3. The summed E-state index contributed by atoms with van der Waals surface area (Å²) in [6.45, 7) is 9.54. The zero-order valence-electron chi connectivity index (χ0n) is 9.47. The van der Waals surface area contributed by atoms with E-state index in [0.717, 1.165) is 17.8 Å². The summed E-state index contributed by atoms with van der Waals surface area (Å²) >= 11 is 0. The Hall–Kier alpha value is -0.0400. The monoisotopic (exact) mass is 183 g/mol. The molecule has 0 aliphatic carbocycles. The fourth-order valence-electron chi connectivity index (χ4n) is 2.19. The predicted octanol–water partition coefficient (Wildman–Crippen LogP) is 3.06. The highest BCUT2D eigenvalue weighted by atomic mass is 14.9. The van der Waals surface area contributed by atoms with Crippen molar-refractivity contribution in [3.63, 3.8) is 0 Å². The molecule has 0 aromatic heterocycles. The standard InChI is InChI=1S/C12H25N/c1-10(2)12-7-5-4-6-11(3)8-13-9-12/h10-13H,4-9H2,1-3H3. The van der Waals surface area contributed by atoms with E-state index in [-0.39, 0.29) is 0 Å². The van der Waals surface area contributed by atoms with Crippen LogP contribution in [0.15, 0.2) is 0 Å². The molecule has 0 saturated carbocycles. The molecule has 2 unspecified atom stereocenters. The second-order valence-electron chi connectivity index (χ2n) is 5.05. The molecule has 13 heavy (non-hydrogen) atoms. The Balaban J connectivity index is 2.34. The molecule has 0 amide bonds. The molecule has 0 aromatic rings. The van der Waals surface area contributed by atoms with Crippen molar-refractivity contribution in [2.45, 2.75) is 46.5 Å². The average Bonchev–Trinajstić information content (AvgIpc) is 2.16. The predicted molar refractivity (Wildman–Crippen MR) is 58.8 cm³/mol. The van der Waals surface area contributed by atoms with Crippen molar-refractivity contribution in [3.8, 4) is 0 Å². The Bertz CT molecular complexity index is 131. The van der Waals surface area contributed by atoms with Crippen LogP contribution in [0.1, 0.15) is 46.5 Å². The van der Waals surface area contributed by atoms with E-state index in [9.17, 15) is 0 Å². The fourth-order valence-corrected chi connectivity index (χ4v) is 2.19. The summed E-state index contributed by atoms with van der Waals surface area (Å²) in [4.78, 5) is 0. The Kier molecular flexibility index (Phi) is 4.79. The first kappa shape index (κ1) is 11.0. The first-order valence-corrected chi connectivity index (χ1v) is 5.91. The molecule has 0 radical (unpaired) electrons. The first-order valence-electron chi connectivity index (χ1n) is 5.91. The van der Waals surface area contributed by atoms with Gasteiger partial charge in [0.15, 0.2) is 0 Å². The number of hydrogen-bond donors (Lipinski definition) is 1. The lowest BCUT2D eigenvalue weighted by Crippen LogP contribution is -2.28. The third-order valence-electron chi connectivity index (χ3n) is 3.36. The highest BCUT2D eigenvalue weighted by Gasteiger charge is 2.15. The minimum Gasteiger partial charge on any atom is -0.316 e. The van der Waals surface area contributed by atoms with E-state index in [1.54, 1.807) is 0 Å². The van der Waals surface area contributed by atoms with Crippen LogP contribution < -0.4 is 5.32 Å². The van der Waals surface area contributed by atoms with Crippen molar-refractivity contribution in [1.82, 2.24) is 5.32 Å². The largest absolute Gasteiger partial charge is 0.316 e. The van der Waals surface area contributed by atoms with Gasteiger partial charge in [-0.3, -0.25) is 0 Å². The Morgan fingerprint density at radius 1 is 1.08 bits per heavy atom. The van der Waals surface area contributed by atoms with Crippen LogP contribution in [-0.4, -0.2) is 13.1 Å². The van der Waals surface area contributed by atoms with Gasteiger partial charge in [0.2, 0.25) is 0 Å². The second-order valence-corrected chi connectivity index (χ2v) is 5.05. The van der Waals surface area contributed by atoms with E-state index in [2.05, 4.69) is 26.1 Å². The lowest BCUT2D eigenvalue weighted by molar-refractivity contribution is 0.338. The Morgan fingerprint density at radius 3 is 2.46 bits per heavy atom. The molecule has 1 rings (SSSR count). The van der Waals surface area contributed by atoms with Gasteiger partial charge < -0.3 is 5.32 Å². The van der Waals surface area contributed by atoms with Gasteiger partial charge in [-0.25, -0.2) is 0 Å². The van der Waals surface area contributed by atoms with Crippen molar-refractivity contribution in [3.05, 3.63) is 0 Å². The van der Waals surface area contributed by atoms with E-state index >= 15 is 0 Å². The second kappa shape index (κ2) is 5.64. The van der Waals surface area contributed by atoms with Gasteiger partial charge in [0.1, 0.15) is 0 Å². The van der Waals surface area contributed by atoms with Crippen molar-refractivity contribution in [2.24, 2.45) is 17.8 Å². The molecule has 0 aromatic carbocycles. The smallest absolute Gasteiger partial charge is 0.00180 e. The van der Waals surface area contributed by atoms with Crippen molar-refractivity contribution in [2.75, 3.05) is 13.1 Å². The van der Waals surface area contributed by atoms with Crippen LogP contribution in [-0.2, 0) is 0 Å². The average molecular weight is 183 g/mol. The summed E-state index contributed by atoms with van der Waals surface area (Å²) in [5.74, 6) is 2.64. The van der Waals surface area contributed by atoms with Crippen LogP contribution in [0.4, 0.5) is 0 Å². The minimum atomic E-state index is 0.848. The molecular formula is C12H25N. The molecule has 1 N–H and O–H groups in total. The zero-order valence-corrected chi connectivity index (χ0v) is 9.47. The molecule has 1 saturated heterocycles. The minimum absolute atomic E-state index is 0.848. The van der Waals surface area contributed by atoms with E-state index < -0.39 is 0 Å². The van der Waals surface area contributed by atoms with Crippen molar-refractivity contribution in [1.29, 1.82) is 0 Å². The lowest BCUT2D eigenvalue weighted by Gasteiger charge is -2.20. The lowest BCUT2D eigenvalue weighted by atomic mass is 9.90. The van der Waals surface area contributed by atoms with Crippen LogP contribution in [0.5, 0.6) is 0 Å². The number of rotatable bonds is 1. The fraction of sp³-hybridized carbons (Fsp3) is 1.00. The van der Waals surface area contributed by atoms with Gasteiger partial charge in [-0.2, -0.15) is 0 Å². The summed E-state index contributed by atoms with van der Waals surface area (Å²) in [5, 5.41) is 3.61. The van der Waals surface area contributed by atoms with Crippen LogP contribution in [0, 0.1) is 17.8 Å². The molecule has 0 bridgehead atoms. The Morgan fingerprint density at radius 2 is 1.77 bits per heavy atom. The molecule has 1 aliphatic rings. The summed E-state index contributed by atoms with van der Waals surface area (Å²) < 4.78 is 0. The van der Waals surface area contributed by atoms with Crippen molar-refractivity contribution >= 4 is 0 Å². The van der Waals surface area contributed by atoms with E-state index in [4.69, 9.17) is 0 Å². The van der Waals surface area contributed by atoms with E-state index in [1.807, 2.05) is 0 Å². The molecular weight excluding hydrogens is 158 g/mol. The number of hydrogen-bond acceptors (Lipinski definition) is 1. The van der Waals surface area contributed by atoms with Crippen LogP contribution in [0.2, 0.25) is 0 Å². The van der Waals surface area contributed by atoms with Gasteiger partial charge >= 0.3 is 0 Å². The molecule has 1 aliphatic heterocycles. The zero-order chi connectivity index (χ0) is 9.68. The van der Waals surface area contributed by atoms with Crippen LogP contribution >= 0.6 is 0 Å². The maximum Gasteiger partial charge on any atom is -0.00180 e. The van der Waals surface area contributed by atoms with Gasteiger partial charge in [0.25, 0.3) is 0 Å². The van der Waals surface area contributed by atoms with Crippen LogP contribution in [0.3, 0.4) is 0 Å². The molecule has 1 heteroatoms. The summed E-state index contributed by atoms with van der Waals surface area (Å²) in [5.41, 5.74) is 0.